The van der Waals surface area contributed by atoms with Crippen LogP contribution in [0.15, 0.2) is 24.3 Å². The Kier molecular flexibility index (Phi) is 3.71. The van der Waals surface area contributed by atoms with Crippen molar-refractivity contribution in [2.24, 2.45) is 0 Å². The van der Waals surface area contributed by atoms with E-state index in [1.165, 1.54) is 0 Å². The van der Waals surface area contributed by atoms with Gasteiger partial charge >= 0.3 is 7.12 Å². The van der Waals surface area contributed by atoms with E-state index in [1.807, 2.05) is 38.1 Å². The molecule has 0 aliphatic carbocycles. The Balaban J connectivity index is 1.98. The third-order valence-corrected chi connectivity index (χ3v) is 2.52. The highest BCUT2D eigenvalue weighted by Crippen LogP contribution is 2.20. The molecule has 1 saturated heterocycles. The lowest BCUT2D eigenvalue weighted by Crippen LogP contribution is -2.34. The molecule has 0 bridgehead atoms. The molecule has 1 fully saturated rings. The maximum absolute atomic E-state index is 8.65. The zero-order chi connectivity index (χ0) is 12.3. The van der Waals surface area contributed by atoms with E-state index in [9.17, 15) is 0 Å². The van der Waals surface area contributed by atoms with Crippen LogP contribution in [-0.4, -0.2) is 37.6 Å². The van der Waals surface area contributed by atoms with Crippen molar-refractivity contribution in [2.45, 2.75) is 19.4 Å². The van der Waals surface area contributed by atoms with E-state index in [-0.39, 0.29) is 19.3 Å². The fourth-order valence-electron chi connectivity index (χ4n) is 1.68. The number of hydrogen-bond acceptors (Lipinski definition) is 4. The van der Waals surface area contributed by atoms with Crippen LogP contribution >= 0.6 is 0 Å². The average Bonchev–Trinajstić information content (AvgIpc) is 2.68. The summed E-state index contributed by atoms with van der Waals surface area (Å²) in [7, 11) is -0.295. The minimum atomic E-state index is -0.295. The molecule has 0 saturated carbocycles. The topological polar surface area (TPSA) is 47.9 Å². The summed E-state index contributed by atoms with van der Waals surface area (Å²) in [5.74, 6) is 0.736. The van der Waals surface area contributed by atoms with Crippen molar-refractivity contribution in [2.75, 3.05) is 19.8 Å². The molecule has 92 valence electrons. The lowest BCUT2D eigenvalue weighted by Gasteiger charge is -2.15. The van der Waals surface area contributed by atoms with Crippen LogP contribution in [0.25, 0.3) is 0 Å². The van der Waals surface area contributed by atoms with Gasteiger partial charge in [-0.1, -0.05) is 12.1 Å². The minimum absolute atomic E-state index is 0.0186. The van der Waals surface area contributed by atoms with Crippen LogP contribution in [-0.2, 0) is 9.31 Å². The maximum Gasteiger partial charge on any atom is 0.494 e. The minimum Gasteiger partial charge on any atom is -0.491 e. The van der Waals surface area contributed by atoms with Crippen LogP contribution in [0.4, 0.5) is 0 Å². The van der Waals surface area contributed by atoms with Gasteiger partial charge in [-0.15, -0.1) is 0 Å². The first kappa shape index (κ1) is 12.4. The van der Waals surface area contributed by atoms with Gasteiger partial charge in [-0.25, -0.2) is 0 Å². The Bertz CT molecular complexity index is 363. The molecule has 1 aliphatic rings. The number of ether oxygens (including phenoxy) is 1. The lowest BCUT2D eigenvalue weighted by molar-refractivity contribution is 0.137. The number of hydrogen-bond donors (Lipinski definition) is 1. The first-order valence-corrected chi connectivity index (χ1v) is 5.74. The van der Waals surface area contributed by atoms with Crippen molar-refractivity contribution in [1.82, 2.24) is 0 Å². The first-order chi connectivity index (χ1) is 8.11. The fourth-order valence-corrected chi connectivity index (χ4v) is 1.68. The molecule has 1 aromatic rings. The summed E-state index contributed by atoms with van der Waals surface area (Å²) in [4.78, 5) is 0. The van der Waals surface area contributed by atoms with Gasteiger partial charge in [0.15, 0.2) is 0 Å². The third-order valence-electron chi connectivity index (χ3n) is 2.52. The van der Waals surface area contributed by atoms with Gasteiger partial charge in [0, 0.05) is 0 Å². The smallest absolute Gasteiger partial charge is 0.491 e. The van der Waals surface area contributed by atoms with E-state index in [4.69, 9.17) is 19.2 Å². The highest BCUT2D eigenvalue weighted by Gasteiger charge is 2.37. The first-order valence-electron chi connectivity index (χ1n) is 5.74. The molecule has 1 aliphatic heterocycles. The summed E-state index contributed by atoms with van der Waals surface area (Å²) in [6.07, 6.45) is 0. The van der Waals surface area contributed by atoms with E-state index < -0.39 is 0 Å². The van der Waals surface area contributed by atoms with Gasteiger partial charge in [-0.05, 0) is 31.4 Å². The van der Waals surface area contributed by atoms with Gasteiger partial charge in [0.25, 0.3) is 0 Å². The number of rotatable bonds is 4. The SMILES string of the molecule is CC1(C)COB(c2ccc(OCCO)cc2)O1. The molecule has 0 unspecified atom stereocenters. The van der Waals surface area contributed by atoms with E-state index in [1.54, 1.807) is 0 Å². The maximum atomic E-state index is 8.65. The Labute approximate surface area is 102 Å². The second-order valence-corrected chi connectivity index (χ2v) is 4.66. The summed E-state index contributed by atoms with van der Waals surface area (Å²) in [5, 5.41) is 8.65. The molecule has 4 nitrogen and oxygen atoms in total. The van der Waals surface area contributed by atoms with Gasteiger partial charge in [0.1, 0.15) is 12.4 Å². The average molecular weight is 236 g/mol. The molecule has 1 N–H and O–H groups in total. The summed E-state index contributed by atoms with van der Waals surface area (Å²) in [6.45, 7) is 4.94. The van der Waals surface area contributed by atoms with Crippen LogP contribution in [0.5, 0.6) is 5.75 Å². The van der Waals surface area contributed by atoms with Crippen LogP contribution in [0.1, 0.15) is 13.8 Å². The monoisotopic (exact) mass is 236 g/mol. The van der Waals surface area contributed by atoms with Crippen molar-refractivity contribution in [3.63, 3.8) is 0 Å². The number of benzene rings is 1. The fraction of sp³-hybridized carbons (Fsp3) is 0.500. The molecule has 1 aromatic carbocycles. The standard InChI is InChI=1S/C12H17BO4/c1-12(2)9-16-13(17-12)10-3-5-11(6-4-10)15-8-7-14/h3-6,14H,7-9H2,1-2H3. The van der Waals surface area contributed by atoms with Crippen LogP contribution in [0.2, 0.25) is 0 Å². The Morgan fingerprint density at radius 3 is 2.59 bits per heavy atom. The summed E-state index contributed by atoms with van der Waals surface area (Å²) in [6, 6.07) is 7.53. The normalized spacial score (nSPS) is 18.4. The van der Waals surface area contributed by atoms with Crippen molar-refractivity contribution in [3.8, 4) is 5.75 Å². The second kappa shape index (κ2) is 5.08. The van der Waals surface area contributed by atoms with Crippen LogP contribution in [0, 0.1) is 0 Å². The zero-order valence-electron chi connectivity index (χ0n) is 10.2. The lowest BCUT2D eigenvalue weighted by atomic mass is 9.79. The molecule has 5 heteroatoms. The molecular formula is C12H17BO4. The summed E-state index contributed by atoms with van der Waals surface area (Å²) >= 11 is 0. The van der Waals surface area contributed by atoms with Crippen molar-refractivity contribution >= 4 is 12.6 Å². The molecule has 0 spiro atoms. The molecule has 1 heterocycles. The quantitative estimate of drug-likeness (QED) is 0.777. The van der Waals surface area contributed by atoms with E-state index in [0.29, 0.717) is 13.2 Å². The largest absolute Gasteiger partial charge is 0.494 e. The highest BCUT2D eigenvalue weighted by molar-refractivity contribution is 6.61. The molecule has 0 amide bonds. The van der Waals surface area contributed by atoms with Gasteiger partial charge in [0.05, 0.1) is 18.8 Å². The Morgan fingerprint density at radius 1 is 1.35 bits per heavy atom. The molecule has 2 rings (SSSR count). The van der Waals surface area contributed by atoms with Gasteiger partial charge in [-0.3, -0.25) is 0 Å². The predicted octanol–water partition coefficient (Wildman–Crippen LogP) is 0.578. The van der Waals surface area contributed by atoms with E-state index in [2.05, 4.69) is 0 Å². The summed E-state index contributed by atoms with van der Waals surface area (Å²) < 4.78 is 16.6. The van der Waals surface area contributed by atoms with Crippen LogP contribution < -0.4 is 10.2 Å². The Morgan fingerprint density at radius 2 is 2.06 bits per heavy atom. The number of aliphatic hydroxyl groups is 1. The predicted molar refractivity (Wildman–Crippen MR) is 65.5 cm³/mol. The van der Waals surface area contributed by atoms with Crippen molar-refractivity contribution in [1.29, 1.82) is 0 Å². The zero-order valence-corrected chi connectivity index (χ0v) is 10.2. The van der Waals surface area contributed by atoms with Crippen LogP contribution in [0.3, 0.4) is 0 Å². The van der Waals surface area contributed by atoms with Gasteiger partial charge < -0.3 is 19.2 Å². The Hall–Kier alpha value is -1.04. The van der Waals surface area contributed by atoms with Crippen molar-refractivity contribution in [3.05, 3.63) is 24.3 Å². The molecule has 0 atom stereocenters. The van der Waals surface area contributed by atoms with Gasteiger partial charge in [0.2, 0.25) is 0 Å². The third kappa shape index (κ3) is 3.22. The van der Waals surface area contributed by atoms with E-state index >= 15 is 0 Å². The molecular weight excluding hydrogens is 219 g/mol. The van der Waals surface area contributed by atoms with E-state index in [0.717, 1.165) is 11.2 Å². The second-order valence-electron chi connectivity index (χ2n) is 4.66. The van der Waals surface area contributed by atoms with Gasteiger partial charge in [-0.2, -0.15) is 0 Å². The number of aliphatic hydroxyl groups excluding tert-OH is 1. The molecule has 0 radical (unpaired) electrons. The summed E-state index contributed by atoms with van der Waals surface area (Å²) in [5.41, 5.74) is 0.753. The van der Waals surface area contributed by atoms with Crippen molar-refractivity contribution < 1.29 is 19.2 Å². The molecule has 17 heavy (non-hydrogen) atoms. The molecule has 0 aromatic heterocycles. The highest BCUT2D eigenvalue weighted by atomic mass is 16.7.